The fourth-order valence-corrected chi connectivity index (χ4v) is 3.92. The highest BCUT2D eigenvalue weighted by molar-refractivity contribution is 4.99. The molecular formula is C33H61N7. The van der Waals surface area contributed by atoms with Gasteiger partial charge in [0.2, 0.25) is 0 Å². The summed E-state index contributed by atoms with van der Waals surface area (Å²) in [5.41, 5.74) is 0. The third-order valence-electron chi connectivity index (χ3n) is 6.04. The number of imidazole rings is 3. The molecule has 4 aromatic rings. The van der Waals surface area contributed by atoms with Crippen LogP contribution in [0.3, 0.4) is 0 Å². The molecule has 0 saturated carbocycles. The van der Waals surface area contributed by atoms with Gasteiger partial charge in [-0.25, -0.2) is 15.0 Å². The van der Waals surface area contributed by atoms with E-state index in [2.05, 4.69) is 122 Å². The molecule has 0 bridgehead atoms. The van der Waals surface area contributed by atoms with Gasteiger partial charge in [-0.3, -0.25) is 0 Å². The van der Waals surface area contributed by atoms with E-state index in [1.807, 2.05) is 56.2 Å². The summed E-state index contributed by atoms with van der Waals surface area (Å²) >= 11 is 0. The summed E-state index contributed by atoms with van der Waals surface area (Å²) in [6.07, 6.45) is 16.8. The second-order valence-corrected chi connectivity index (χ2v) is 10.8. The van der Waals surface area contributed by atoms with Crippen LogP contribution in [0.2, 0.25) is 0 Å². The predicted octanol–water partition coefficient (Wildman–Crippen LogP) is 9.73. The lowest BCUT2D eigenvalue weighted by Gasteiger charge is -2.13. The van der Waals surface area contributed by atoms with Crippen molar-refractivity contribution < 1.29 is 0 Å². The minimum atomic E-state index is 0. The van der Waals surface area contributed by atoms with Crippen LogP contribution in [-0.4, -0.2) is 33.2 Å². The summed E-state index contributed by atoms with van der Waals surface area (Å²) in [6, 6.07) is 6.28. The molecule has 0 N–H and O–H groups in total. The average molecular weight is 556 g/mol. The summed E-state index contributed by atoms with van der Waals surface area (Å²) in [7, 11) is 0. The number of rotatable bonds is 6. The van der Waals surface area contributed by atoms with Crippen LogP contribution in [0.25, 0.3) is 0 Å². The van der Waals surface area contributed by atoms with Crippen LogP contribution in [0.5, 0.6) is 0 Å². The van der Waals surface area contributed by atoms with E-state index in [1.165, 1.54) is 11.6 Å². The van der Waals surface area contributed by atoms with Crippen molar-refractivity contribution in [2.75, 3.05) is 0 Å². The molecule has 0 atom stereocenters. The van der Waals surface area contributed by atoms with Gasteiger partial charge in [0.1, 0.15) is 17.5 Å². The Kier molecular flexibility index (Phi) is 19.4. The zero-order chi connectivity index (χ0) is 28.8. The van der Waals surface area contributed by atoms with Crippen molar-refractivity contribution in [1.29, 1.82) is 0 Å². The lowest BCUT2D eigenvalue weighted by Crippen LogP contribution is -2.06. The predicted molar refractivity (Wildman–Crippen MR) is 174 cm³/mol. The van der Waals surface area contributed by atoms with Crippen LogP contribution < -0.4 is 0 Å². The third kappa shape index (κ3) is 12.8. The summed E-state index contributed by atoms with van der Waals surface area (Å²) in [6.45, 7) is 25.8. The van der Waals surface area contributed by atoms with E-state index in [1.54, 1.807) is 0 Å². The van der Waals surface area contributed by atoms with Crippen molar-refractivity contribution in [2.24, 2.45) is 0 Å². The number of aromatic nitrogens is 7. The Morgan fingerprint density at radius 1 is 0.575 bits per heavy atom. The highest BCUT2D eigenvalue weighted by Crippen LogP contribution is 2.16. The molecule has 0 aliphatic rings. The molecule has 7 nitrogen and oxygen atoms in total. The maximum Gasteiger partial charge on any atom is 0.111 e. The van der Waals surface area contributed by atoms with E-state index in [4.69, 9.17) is 0 Å². The average Bonchev–Trinajstić information content (AvgIpc) is 3.66. The van der Waals surface area contributed by atoms with Crippen LogP contribution in [0.15, 0.2) is 61.7 Å². The molecule has 0 radical (unpaired) electrons. The van der Waals surface area contributed by atoms with Gasteiger partial charge in [0.25, 0.3) is 0 Å². The first-order valence-corrected chi connectivity index (χ1v) is 14.1. The van der Waals surface area contributed by atoms with Crippen molar-refractivity contribution in [2.45, 2.75) is 134 Å². The Balaban J connectivity index is 0. The van der Waals surface area contributed by atoms with E-state index < -0.39 is 0 Å². The first kappa shape index (κ1) is 39.1. The molecule has 40 heavy (non-hydrogen) atoms. The summed E-state index contributed by atoms with van der Waals surface area (Å²) in [5, 5.41) is 0. The van der Waals surface area contributed by atoms with Gasteiger partial charge in [0.05, 0.1) is 0 Å². The Morgan fingerprint density at radius 2 is 1.02 bits per heavy atom. The highest BCUT2D eigenvalue weighted by Gasteiger charge is 2.08. The van der Waals surface area contributed by atoms with Crippen molar-refractivity contribution >= 4 is 0 Å². The zero-order valence-electron chi connectivity index (χ0n) is 26.0. The largest absolute Gasteiger partial charge is 0.352 e. The zero-order valence-corrected chi connectivity index (χ0v) is 26.0. The standard InChI is InChI=1S/C9H16N2.C8H14N2.C7H12N2.C7H11N.2CH4/c1-7(2)9-10-5-6-11(9)8(3)4;1-4-8-9-5-6-10(8)7(2)3;1-6(2)9-5-4-8-7(9)3;1-7(2)8-5-3-4-6-8;;/h5-8H,1-4H3;5-7H,4H2,1-3H3;4-6H,1-3H3;3-7H,1-2H3;2*1H4. The molecule has 0 aromatic carbocycles. The molecular weight excluding hydrogens is 494 g/mol. The first-order chi connectivity index (χ1) is 17.9. The van der Waals surface area contributed by atoms with Crippen molar-refractivity contribution in [3.05, 3.63) is 79.2 Å². The van der Waals surface area contributed by atoms with E-state index >= 15 is 0 Å². The molecule has 0 spiro atoms. The quantitative estimate of drug-likeness (QED) is 0.238. The third-order valence-corrected chi connectivity index (χ3v) is 6.04. The molecule has 4 rings (SSSR count). The van der Waals surface area contributed by atoms with Gasteiger partial charge in [-0.2, -0.15) is 0 Å². The van der Waals surface area contributed by atoms with Crippen molar-refractivity contribution in [1.82, 2.24) is 33.2 Å². The second kappa shape index (κ2) is 19.9. The van der Waals surface area contributed by atoms with Gasteiger partial charge in [-0.05, 0) is 74.4 Å². The van der Waals surface area contributed by atoms with E-state index in [0.29, 0.717) is 30.1 Å². The first-order valence-electron chi connectivity index (χ1n) is 14.1. The lowest BCUT2D eigenvalue weighted by atomic mass is 10.2. The van der Waals surface area contributed by atoms with Gasteiger partial charge in [0, 0.05) is 86.1 Å². The highest BCUT2D eigenvalue weighted by atomic mass is 15.1. The van der Waals surface area contributed by atoms with Crippen LogP contribution in [-0.2, 0) is 6.42 Å². The Labute approximate surface area is 246 Å². The van der Waals surface area contributed by atoms with E-state index in [0.717, 1.165) is 12.2 Å². The Hall–Kier alpha value is -3.09. The van der Waals surface area contributed by atoms with Gasteiger partial charge >= 0.3 is 0 Å². The molecule has 0 unspecified atom stereocenters. The molecule has 0 fully saturated rings. The molecule has 4 aromatic heterocycles. The molecule has 0 amide bonds. The maximum atomic E-state index is 4.30. The van der Waals surface area contributed by atoms with Gasteiger partial charge in [-0.1, -0.05) is 35.6 Å². The molecule has 7 heteroatoms. The number of hydrogen-bond donors (Lipinski definition) is 0. The monoisotopic (exact) mass is 555 g/mol. The number of aryl methyl sites for hydroxylation is 2. The van der Waals surface area contributed by atoms with Crippen LogP contribution in [0.1, 0.15) is 139 Å². The Morgan fingerprint density at radius 3 is 1.32 bits per heavy atom. The second-order valence-electron chi connectivity index (χ2n) is 10.8. The fraction of sp³-hybridized carbons (Fsp3) is 0.606. The fourth-order valence-electron chi connectivity index (χ4n) is 3.92. The molecule has 4 heterocycles. The smallest absolute Gasteiger partial charge is 0.111 e. The molecule has 0 saturated heterocycles. The number of hydrogen-bond acceptors (Lipinski definition) is 3. The van der Waals surface area contributed by atoms with Gasteiger partial charge in [0.15, 0.2) is 0 Å². The molecule has 228 valence electrons. The Bertz CT molecular complexity index is 1090. The van der Waals surface area contributed by atoms with Crippen molar-refractivity contribution in [3.63, 3.8) is 0 Å². The van der Waals surface area contributed by atoms with Crippen LogP contribution in [0.4, 0.5) is 0 Å². The molecule has 0 aliphatic carbocycles. The summed E-state index contributed by atoms with van der Waals surface area (Å²) in [5.74, 6) is 3.97. The summed E-state index contributed by atoms with van der Waals surface area (Å²) < 4.78 is 8.71. The molecule has 0 aliphatic heterocycles. The van der Waals surface area contributed by atoms with Crippen LogP contribution in [0, 0.1) is 6.92 Å². The maximum absolute atomic E-state index is 4.30. The SMILES string of the molecule is C.C.CC(C)c1nccn1C(C)C.CC(C)n1cccc1.CCc1nccn1C(C)C.Cc1nccn1C(C)C. The van der Waals surface area contributed by atoms with E-state index in [9.17, 15) is 0 Å². The van der Waals surface area contributed by atoms with Gasteiger partial charge < -0.3 is 18.3 Å². The van der Waals surface area contributed by atoms with E-state index in [-0.39, 0.29) is 14.9 Å². The normalized spacial score (nSPS) is 10.3. The number of nitrogens with zero attached hydrogens (tertiary/aromatic N) is 7. The van der Waals surface area contributed by atoms with Crippen LogP contribution >= 0.6 is 0 Å². The van der Waals surface area contributed by atoms with Crippen molar-refractivity contribution in [3.8, 4) is 0 Å². The topological polar surface area (TPSA) is 58.4 Å². The lowest BCUT2D eigenvalue weighted by molar-refractivity contribution is 0.550. The van der Waals surface area contributed by atoms with Gasteiger partial charge in [-0.15, -0.1) is 0 Å². The minimum Gasteiger partial charge on any atom is -0.352 e. The minimum absolute atomic E-state index is 0. The summed E-state index contributed by atoms with van der Waals surface area (Å²) in [4.78, 5) is 12.6.